The second-order valence-corrected chi connectivity index (χ2v) is 15.7. The van der Waals surface area contributed by atoms with Crippen molar-refractivity contribution < 1.29 is 53.5 Å². The number of nitrogens with one attached hydrogen (secondary N) is 2. The summed E-state index contributed by atoms with van der Waals surface area (Å²) in [6.07, 6.45) is -4.47. The molecule has 0 fully saturated rings. The largest absolute Gasteiger partial charge is 0.443 e. The number of imidazole rings is 1. The molecule has 0 saturated carbocycles. The van der Waals surface area contributed by atoms with Gasteiger partial charge in [0.05, 0.1) is 34.3 Å². The third-order valence-corrected chi connectivity index (χ3v) is 9.77. The number of hydrogen-bond acceptors (Lipinski definition) is 8. The maximum absolute atomic E-state index is 15.0. The van der Waals surface area contributed by atoms with Crippen molar-refractivity contribution in [1.82, 2.24) is 14.5 Å². The highest BCUT2D eigenvalue weighted by atomic mass is 32.2. The van der Waals surface area contributed by atoms with Crippen LogP contribution >= 0.6 is 0 Å². The van der Waals surface area contributed by atoms with E-state index in [4.69, 9.17) is 10.00 Å². The van der Waals surface area contributed by atoms with Crippen LogP contribution < -0.4 is 14.9 Å². The predicted molar refractivity (Wildman–Crippen MR) is 199 cm³/mol. The van der Waals surface area contributed by atoms with E-state index in [9.17, 15) is 48.7 Å². The van der Waals surface area contributed by atoms with Gasteiger partial charge >= 0.3 is 12.3 Å². The lowest BCUT2D eigenvalue weighted by Gasteiger charge is -2.30. The molecule has 1 aromatic heterocycles. The molecule has 2 amide bonds. The van der Waals surface area contributed by atoms with Crippen molar-refractivity contribution in [2.75, 3.05) is 42.1 Å². The van der Waals surface area contributed by atoms with Gasteiger partial charge in [-0.2, -0.15) is 18.4 Å². The normalized spacial score (nSPS) is 12.1. The van der Waals surface area contributed by atoms with Crippen LogP contribution in [0.25, 0.3) is 22.2 Å². The maximum Gasteiger partial charge on any atom is 0.417 e. The molecule has 0 saturated heterocycles. The molecule has 0 aliphatic carbocycles. The molecule has 0 unspecified atom stereocenters. The van der Waals surface area contributed by atoms with E-state index in [1.165, 1.54) is 62.0 Å². The molecule has 0 aliphatic rings. The number of likely N-dealkylation sites (N-methyl/N-ethyl adjacent to an activating group) is 1. The fraction of sp³-hybridized carbons (Fsp3) is 0.263. The number of amides is 2. The Hall–Kier alpha value is -6.20. The number of alkyl halides is 3. The summed E-state index contributed by atoms with van der Waals surface area (Å²) in [5, 5.41) is 11.5. The maximum atomic E-state index is 15.0. The van der Waals surface area contributed by atoms with E-state index in [0.29, 0.717) is 0 Å². The lowest BCUT2D eigenvalue weighted by Crippen LogP contribution is -2.41. The molecular weight excluding hydrogens is 800 g/mol. The van der Waals surface area contributed by atoms with E-state index in [0.717, 1.165) is 35.2 Å². The minimum Gasteiger partial charge on any atom is -0.443 e. The fourth-order valence-electron chi connectivity index (χ4n) is 5.67. The first-order valence-corrected chi connectivity index (χ1v) is 18.4. The highest BCUT2D eigenvalue weighted by Crippen LogP contribution is 2.40. The molecule has 58 heavy (non-hydrogen) atoms. The number of sulfonamides is 1. The van der Waals surface area contributed by atoms with Crippen LogP contribution in [-0.4, -0.2) is 67.7 Å². The van der Waals surface area contributed by atoms with Gasteiger partial charge in [-0.3, -0.25) is 14.4 Å². The predicted octanol–water partition coefficient (Wildman–Crippen LogP) is 8.04. The number of ether oxygens (including phenoxy) is 1. The quantitative estimate of drug-likeness (QED) is 0.106. The van der Waals surface area contributed by atoms with Crippen molar-refractivity contribution >= 4 is 50.1 Å². The summed E-state index contributed by atoms with van der Waals surface area (Å²) in [6.45, 7) is 4.45. The number of anilines is 3. The number of carbonyl (C=O) groups excluding carboxylic acids is 2. The smallest absolute Gasteiger partial charge is 0.417 e. The summed E-state index contributed by atoms with van der Waals surface area (Å²) in [5.74, 6) is -10.3. The summed E-state index contributed by atoms with van der Waals surface area (Å²) in [7, 11) is -0.772. The van der Waals surface area contributed by atoms with Crippen LogP contribution in [0, 0.1) is 34.6 Å². The van der Waals surface area contributed by atoms with Gasteiger partial charge in [-0.15, -0.1) is 0 Å². The number of aromatic nitrogens is 2. The average molecular weight is 834 g/mol. The molecule has 12 nitrogen and oxygen atoms in total. The van der Waals surface area contributed by atoms with Gasteiger partial charge in [0, 0.05) is 31.4 Å². The Balaban J connectivity index is 1.60. The summed E-state index contributed by atoms with van der Waals surface area (Å²) < 4.78 is 137. The Morgan fingerprint density at radius 3 is 2.17 bits per heavy atom. The fourth-order valence-corrected chi connectivity index (χ4v) is 6.88. The number of aryl methyl sites for hydroxylation is 1. The van der Waals surface area contributed by atoms with Gasteiger partial charge in [-0.1, -0.05) is 12.1 Å². The van der Waals surface area contributed by atoms with Gasteiger partial charge in [0.2, 0.25) is 0 Å². The molecule has 5 aromatic rings. The zero-order valence-corrected chi connectivity index (χ0v) is 32.3. The Kier molecular flexibility index (Phi) is 11.8. The molecule has 306 valence electrons. The van der Waals surface area contributed by atoms with Gasteiger partial charge in [-0.25, -0.2) is 35.8 Å². The summed E-state index contributed by atoms with van der Waals surface area (Å²) in [5.41, 5.74) is -4.69. The third kappa shape index (κ3) is 9.00. The average Bonchev–Trinajstić information content (AvgIpc) is 3.49. The van der Waals surface area contributed by atoms with Gasteiger partial charge in [0.25, 0.3) is 15.9 Å². The number of carbonyl (C=O) groups is 2. The molecule has 0 bridgehead atoms. The number of nitrogens with zero attached hydrogens (tertiary/aromatic N) is 5. The van der Waals surface area contributed by atoms with Gasteiger partial charge in [-0.05, 0) is 88.5 Å². The molecule has 0 radical (unpaired) electrons. The molecule has 4 aromatic carbocycles. The van der Waals surface area contributed by atoms with Crippen LogP contribution in [0.5, 0.6) is 0 Å². The van der Waals surface area contributed by atoms with Crippen molar-refractivity contribution in [3.05, 3.63) is 101 Å². The van der Waals surface area contributed by atoms with E-state index < -0.39 is 84.5 Å². The van der Waals surface area contributed by atoms with Gasteiger partial charge in [0.1, 0.15) is 17.2 Å². The number of rotatable bonds is 10. The van der Waals surface area contributed by atoms with Gasteiger partial charge in [0.15, 0.2) is 28.2 Å². The van der Waals surface area contributed by atoms with Crippen LogP contribution in [0.2, 0.25) is 0 Å². The molecule has 0 spiro atoms. The SMILES string of the molecule is CN(C)CCN(C(=O)OC(C)(C)C)c1cc(C(=O)Nc2cccc(-c3cc4ncn(C)c4cc3C(F)(F)F)c2)ccc1NS(=O)(=O)c1c(F)c(F)c(C#N)c(F)c1F. The summed E-state index contributed by atoms with van der Waals surface area (Å²) >= 11 is 0. The first kappa shape index (κ1) is 42.9. The Morgan fingerprint density at radius 1 is 0.931 bits per heavy atom. The van der Waals surface area contributed by atoms with Crippen LogP contribution in [-0.2, 0) is 28.0 Å². The van der Waals surface area contributed by atoms with Crippen molar-refractivity contribution in [3.8, 4) is 17.2 Å². The molecule has 2 N–H and O–H groups in total. The van der Waals surface area contributed by atoms with E-state index in [2.05, 4.69) is 10.3 Å². The molecule has 1 heterocycles. The summed E-state index contributed by atoms with van der Waals surface area (Å²) in [4.78, 5) is 32.0. The number of benzene rings is 4. The Labute approximate surface area is 327 Å². The second kappa shape index (κ2) is 16.0. The van der Waals surface area contributed by atoms with E-state index in [1.807, 2.05) is 4.72 Å². The Bertz CT molecular complexity index is 2570. The first-order chi connectivity index (χ1) is 26.9. The number of halogens is 7. The molecule has 5 rings (SSSR count). The lowest BCUT2D eigenvalue weighted by molar-refractivity contribution is -0.137. The van der Waals surface area contributed by atoms with Crippen molar-refractivity contribution in [1.29, 1.82) is 5.26 Å². The zero-order chi connectivity index (χ0) is 43.1. The van der Waals surface area contributed by atoms with Crippen molar-refractivity contribution in [2.45, 2.75) is 37.4 Å². The van der Waals surface area contributed by atoms with E-state index >= 15 is 0 Å². The van der Waals surface area contributed by atoms with Crippen LogP contribution in [0.4, 0.5) is 52.6 Å². The number of nitriles is 1. The first-order valence-electron chi connectivity index (χ1n) is 17.0. The standard InChI is InChI=1S/C38H34F7N7O5S/c1-37(2,3)57-36(54)52(13-12-50(4)5)29-15-21(10-11-26(29)49-58(55,56)34-32(41)30(39)24(18-46)31(40)33(34)42)35(53)48-22-9-7-8-20(14-22)23-16-27-28(51(6)19-47-27)17-25(23)38(43,44)45/h7-11,14-17,19,49H,12-13H2,1-6H3,(H,48,53). The molecule has 0 aliphatic heterocycles. The van der Waals surface area contributed by atoms with Crippen molar-refractivity contribution in [2.24, 2.45) is 7.05 Å². The third-order valence-electron chi connectivity index (χ3n) is 8.38. The van der Waals surface area contributed by atoms with Crippen molar-refractivity contribution in [3.63, 3.8) is 0 Å². The van der Waals surface area contributed by atoms with Crippen LogP contribution in [0.3, 0.4) is 0 Å². The molecular formula is C38H34F7N7O5S. The summed E-state index contributed by atoms with van der Waals surface area (Å²) in [6, 6.07) is 11.6. The monoisotopic (exact) mass is 833 g/mol. The minimum atomic E-state index is -5.60. The lowest BCUT2D eigenvalue weighted by atomic mass is 9.97. The number of hydrogen-bond donors (Lipinski definition) is 2. The van der Waals surface area contributed by atoms with Crippen LogP contribution in [0.15, 0.2) is 65.8 Å². The van der Waals surface area contributed by atoms with E-state index in [-0.39, 0.29) is 46.5 Å². The second-order valence-electron chi connectivity index (χ2n) is 14.1. The topological polar surface area (TPSA) is 150 Å². The van der Waals surface area contributed by atoms with E-state index in [1.54, 1.807) is 26.0 Å². The van der Waals surface area contributed by atoms with Crippen LogP contribution in [0.1, 0.15) is 42.3 Å². The minimum absolute atomic E-state index is 0.0236. The van der Waals surface area contributed by atoms with Gasteiger partial charge < -0.3 is 19.5 Å². The Morgan fingerprint density at radius 2 is 1.59 bits per heavy atom. The highest BCUT2D eigenvalue weighted by Gasteiger charge is 2.36. The molecule has 0 atom stereocenters. The zero-order valence-electron chi connectivity index (χ0n) is 31.5. The molecule has 20 heteroatoms. The highest BCUT2D eigenvalue weighted by molar-refractivity contribution is 7.92. The number of fused-ring (bicyclic) bond motifs is 1.